The molecule has 0 spiro atoms. The standard InChI is InChI=1S/C67H43N3/c1-3-28-57-51(22-1)52-23-2-4-29-58(52)67(57)47-18-13-16-43(38-47)45-34-36-65-59(40-45)55-26-7-11-32-63(55)69(65)49-20-15-21-50(42-49)70-64-33-12-8-27-56(64)60-41-46(35-37-66(60)70)44-17-14-19-48(39-44)68-61-30-9-5-24-53(61)54-25-6-10-31-62(54)68/h1-42,67H. The van der Waals surface area contributed by atoms with Gasteiger partial charge < -0.3 is 13.7 Å². The van der Waals surface area contributed by atoms with E-state index in [4.69, 9.17) is 0 Å². The molecule has 0 amide bonds. The van der Waals surface area contributed by atoms with E-state index in [-0.39, 0.29) is 5.92 Å². The maximum absolute atomic E-state index is 2.44. The number of rotatable bonds is 6. The molecule has 0 aliphatic heterocycles. The summed E-state index contributed by atoms with van der Waals surface area (Å²) in [5.41, 5.74) is 22.2. The molecule has 0 saturated carbocycles. The highest BCUT2D eigenvalue weighted by Gasteiger charge is 2.29. The normalized spacial score (nSPS) is 12.5. The van der Waals surface area contributed by atoms with E-state index < -0.39 is 0 Å². The van der Waals surface area contributed by atoms with Crippen LogP contribution in [0.2, 0.25) is 0 Å². The highest BCUT2D eigenvalue weighted by Crippen LogP contribution is 2.48. The van der Waals surface area contributed by atoms with E-state index in [0.717, 1.165) is 17.1 Å². The largest absolute Gasteiger partial charge is 0.309 e. The number of hydrogen-bond donors (Lipinski definition) is 0. The van der Waals surface area contributed by atoms with Crippen LogP contribution in [0.15, 0.2) is 255 Å². The lowest BCUT2D eigenvalue weighted by atomic mass is 9.87. The van der Waals surface area contributed by atoms with Crippen molar-refractivity contribution in [2.75, 3.05) is 0 Å². The molecule has 3 heteroatoms. The van der Waals surface area contributed by atoms with Crippen molar-refractivity contribution < 1.29 is 0 Å². The summed E-state index contributed by atoms with van der Waals surface area (Å²) in [7, 11) is 0. The van der Waals surface area contributed by atoms with Gasteiger partial charge in [-0.3, -0.25) is 0 Å². The minimum atomic E-state index is 0.206. The smallest absolute Gasteiger partial charge is 0.0541 e. The zero-order valence-corrected chi connectivity index (χ0v) is 38.2. The molecule has 0 atom stereocenters. The molecule has 1 aliphatic carbocycles. The van der Waals surface area contributed by atoms with Gasteiger partial charge in [0.15, 0.2) is 0 Å². The maximum atomic E-state index is 2.44. The predicted molar refractivity (Wildman–Crippen MR) is 293 cm³/mol. The van der Waals surface area contributed by atoms with Gasteiger partial charge in [-0.15, -0.1) is 0 Å². The van der Waals surface area contributed by atoms with Gasteiger partial charge in [0.1, 0.15) is 0 Å². The van der Waals surface area contributed by atoms with E-state index in [1.165, 1.54) is 115 Å². The van der Waals surface area contributed by atoms with E-state index in [0.29, 0.717) is 0 Å². The summed E-state index contributed by atoms with van der Waals surface area (Å²) >= 11 is 0. The van der Waals surface area contributed by atoms with Crippen molar-refractivity contribution in [2.24, 2.45) is 0 Å². The van der Waals surface area contributed by atoms with Gasteiger partial charge in [0, 0.05) is 55.3 Å². The lowest BCUT2D eigenvalue weighted by Gasteiger charge is -2.16. The molecule has 0 unspecified atom stereocenters. The summed E-state index contributed by atoms with van der Waals surface area (Å²) in [5.74, 6) is 0.206. The molecular weight excluding hydrogens is 847 g/mol. The molecule has 0 radical (unpaired) electrons. The Bertz CT molecular complexity index is 4340. The third kappa shape index (κ3) is 5.76. The summed E-state index contributed by atoms with van der Waals surface area (Å²) in [6.45, 7) is 0. The van der Waals surface area contributed by atoms with Crippen LogP contribution < -0.4 is 0 Å². The topological polar surface area (TPSA) is 14.8 Å². The van der Waals surface area contributed by atoms with E-state index in [2.05, 4.69) is 268 Å². The summed E-state index contributed by atoms with van der Waals surface area (Å²) in [6, 6.07) is 94.2. The Morgan fingerprint density at radius 2 is 0.586 bits per heavy atom. The van der Waals surface area contributed by atoms with Crippen LogP contribution in [0, 0.1) is 0 Å². The molecule has 0 saturated heterocycles. The Hall–Kier alpha value is -9.18. The Morgan fingerprint density at radius 1 is 0.229 bits per heavy atom. The van der Waals surface area contributed by atoms with Crippen molar-refractivity contribution in [3.63, 3.8) is 0 Å². The molecule has 15 rings (SSSR count). The van der Waals surface area contributed by atoms with Crippen molar-refractivity contribution in [3.05, 3.63) is 271 Å². The minimum absolute atomic E-state index is 0.206. The fourth-order valence-electron chi connectivity index (χ4n) is 12.1. The lowest BCUT2D eigenvalue weighted by molar-refractivity contribution is 1.02. The van der Waals surface area contributed by atoms with Gasteiger partial charge in [0.25, 0.3) is 0 Å². The molecule has 0 fully saturated rings. The van der Waals surface area contributed by atoms with Crippen LogP contribution in [0.25, 0.3) is 116 Å². The van der Waals surface area contributed by atoms with Crippen LogP contribution in [0.3, 0.4) is 0 Å². The van der Waals surface area contributed by atoms with Crippen LogP contribution in [-0.4, -0.2) is 13.7 Å². The molecule has 70 heavy (non-hydrogen) atoms. The van der Waals surface area contributed by atoms with Gasteiger partial charge in [-0.25, -0.2) is 0 Å². The number of benzene rings is 11. The molecule has 14 aromatic rings. The van der Waals surface area contributed by atoms with Crippen molar-refractivity contribution >= 4 is 65.4 Å². The molecule has 0 N–H and O–H groups in total. The van der Waals surface area contributed by atoms with Crippen molar-refractivity contribution in [1.29, 1.82) is 0 Å². The van der Waals surface area contributed by atoms with Crippen molar-refractivity contribution in [2.45, 2.75) is 5.92 Å². The first-order valence-corrected chi connectivity index (χ1v) is 24.3. The first kappa shape index (κ1) is 38.9. The number of para-hydroxylation sites is 4. The fraction of sp³-hybridized carbons (Fsp3) is 0.0149. The van der Waals surface area contributed by atoms with Gasteiger partial charge >= 0.3 is 0 Å². The summed E-state index contributed by atoms with van der Waals surface area (Å²) in [6.07, 6.45) is 0. The second kappa shape index (κ2) is 15.2. The Morgan fingerprint density at radius 3 is 1.09 bits per heavy atom. The molecular formula is C67H43N3. The summed E-state index contributed by atoms with van der Waals surface area (Å²) in [4.78, 5) is 0. The number of aromatic nitrogens is 3. The lowest BCUT2D eigenvalue weighted by Crippen LogP contribution is -1.99. The molecule has 3 heterocycles. The third-order valence-corrected chi connectivity index (χ3v) is 15.1. The predicted octanol–water partition coefficient (Wildman–Crippen LogP) is 17.5. The third-order valence-electron chi connectivity index (χ3n) is 15.1. The Balaban J connectivity index is 0.825. The quantitative estimate of drug-likeness (QED) is 0.158. The number of nitrogens with zero attached hydrogens (tertiary/aromatic N) is 3. The van der Waals surface area contributed by atoms with Crippen LogP contribution >= 0.6 is 0 Å². The monoisotopic (exact) mass is 889 g/mol. The highest BCUT2D eigenvalue weighted by atomic mass is 15.0. The molecule has 3 nitrogen and oxygen atoms in total. The zero-order chi connectivity index (χ0) is 45.9. The van der Waals surface area contributed by atoms with Crippen LogP contribution in [0.1, 0.15) is 22.6 Å². The average molecular weight is 890 g/mol. The highest BCUT2D eigenvalue weighted by molar-refractivity contribution is 6.13. The first-order chi connectivity index (χ1) is 34.7. The second-order valence-electron chi connectivity index (χ2n) is 18.8. The second-order valence-corrected chi connectivity index (χ2v) is 18.8. The summed E-state index contributed by atoms with van der Waals surface area (Å²) < 4.78 is 7.28. The van der Waals surface area contributed by atoms with E-state index in [9.17, 15) is 0 Å². The zero-order valence-electron chi connectivity index (χ0n) is 38.2. The molecule has 0 bridgehead atoms. The molecule has 11 aromatic carbocycles. The molecule has 326 valence electrons. The van der Waals surface area contributed by atoms with Crippen LogP contribution in [0.5, 0.6) is 0 Å². The van der Waals surface area contributed by atoms with Gasteiger partial charge in [-0.05, 0) is 129 Å². The first-order valence-electron chi connectivity index (χ1n) is 24.3. The van der Waals surface area contributed by atoms with Crippen LogP contribution in [0.4, 0.5) is 0 Å². The van der Waals surface area contributed by atoms with E-state index in [1.54, 1.807) is 0 Å². The van der Waals surface area contributed by atoms with Gasteiger partial charge in [-0.1, -0.05) is 176 Å². The Kier molecular flexibility index (Phi) is 8.42. The minimum Gasteiger partial charge on any atom is -0.309 e. The van der Waals surface area contributed by atoms with Gasteiger partial charge in [-0.2, -0.15) is 0 Å². The van der Waals surface area contributed by atoms with Crippen LogP contribution in [-0.2, 0) is 0 Å². The molecule has 1 aliphatic rings. The van der Waals surface area contributed by atoms with Crippen molar-refractivity contribution in [3.8, 4) is 50.4 Å². The van der Waals surface area contributed by atoms with Gasteiger partial charge in [0.2, 0.25) is 0 Å². The molecule has 3 aromatic heterocycles. The van der Waals surface area contributed by atoms with E-state index in [1.807, 2.05) is 0 Å². The van der Waals surface area contributed by atoms with E-state index >= 15 is 0 Å². The number of fused-ring (bicyclic) bond motifs is 12. The number of hydrogen-bond acceptors (Lipinski definition) is 0. The fourth-order valence-corrected chi connectivity index (χ4v) is 12.1. The van der Waals surface area contributed by atoms with Gasteiger partial charge in [0.05, 0.1) is 33.1 Å². The average Bonchev–Trinajstić information content (AvgIpc) is 4.16. The summed E-state index contributed by atoms with van der Waals surface area (Å²) in [5, 5.41) is 7.49. The SMILES string of the molecule is c1cc(-c2ccc3c(c2)c2ccccc2n3-c2cccc(-n3c4ccccc4c4cc(-c5cccc(-n6c7ccccc7c7ccccc76)c5)ccc43)c2)cc(C2c3ccccc3-c3ccccc32)c1. The Labute approximate surface area is 405 Å². The maximum Gasteiger partial charge on any atom is 0.0541 e. The van der Waals surface area contributed by atoms with Crippen molar-refractivity contribution in [1.82, 2.24) is 13.7 Å².